The molecule has 0 aliphatic carbocycles. The van der Waals surface area contributed by atoms with Crippen LogP contribution in [0.15, 0.2) is 76.5 Å². The summed E-state index contributed by atoms with van der Waals surface area (Å²) in [5, 5.41) is 11.1. The van der Waals surface area contributed by atoms with Gasteiger partial charge < -0.3 is 4.74 Å². The predicted octanol–water partition coefficient (Wildman–Crippen LogP) is 2.36. The van der Waals surface area contributed by atoms with Crippen LogP contribution in [0.3, 0.4) is 0 Å². The topological polar surface area (TPSA) is 165 Å². The molecule has 0 spiro atoms. The highest BCUT2D eigenvalue weighted by atomic mass is 32.2. The first kappa shape index (κ1) is 27.7. The van der Waals surface area contributed by atoms with E-state index in [0.29, 0.717) is 5.56 Å². The fraction of sp³-hybridized carbons (Fsp3) is 0.174. The zero-order valence-electron chi connectivity index (χ0n) is 20.0. The molecule has 0 heterocycles. The van der Waals surface area contributed by atoms with Crippen LogP contribution in [-0.4, -0.2) is 46.1 Å². The first-order valence-electron chi connectivity index (χ1n) is 10.6. The quantitative estimate of drug-likeness (QED) is 0.288. The third kappa shape index (κ3) is 6.48. The average molecular weight is 549 g/mol. The lowest BCUT2D eigenvalue weighted by atomic mass is 10.1. The number of carbonyl (C=O) groups is 1. The number of rotatable bonds is 10. The number of sulfonamides is 2. The standard InChI is InChI=1S/C23H24N4O8S2/c1-16-4-10-19(11-5-16)37(33,34)26(2)15-17-6-8-18(9-7-17)23(28)24-25-36(31,32)20-12-13-22(35-3)21(14-20)27(29)30/h4-14,25H,15H2,1-3H3,(H,24,28). The molecule has 0 saturated carbocycles. The van der Waals surface area contributed by atoms with Crippen molar-refractivity contribution < 1.29 is 31.3 Å². The largest absolute Gasteiger partial charge is 0.490 e. The van der Waals surface area contributed by atoms with Crippen LogP contribution in [0.5, 0.6) is 5.75 Å². The maximum Gasteiger partial charge on any atom is 0.312 e. The Labute approximate surface area is 214 Å². The van der Waals surface area contributed by atoms with Gasteiger partial charge in [-0.15, -0.1) is 4.83 Å². The van der Waals surface area contributed by atoms with Crippen LogP contribution in [0.2, 0.25) is 0 Å². The summed E-state index contributed by atoms with van der Waals surface area (Å²) in [5.74, 6) is -0.913. The molecule has 0 atom stereocenters. The Morgan fingerprint density at radius 2 is 1.57 bits per heavy atom. The Bertz CT molecular complexity index is 1520. The van der Waals surface area contributed by atoms with Gasteiger partial charge in [0.25, 0.3) is 15.9 Å². The van der Waals surface area contributed by atoms with Crippen molar-refractivity contribution in [3.05, 3.63) is 93.5 Å². The molecule has 2 N–H and O–H groups in total. The summed E-state index contributed by atoms with van der Waals surface area (Å²) in [4.78, 5) is 24.4. The molecule has 0 unspecified atom stereocenters. The fourth-order valence-corrected chi connectivity index (χ4v) is 5.24. The Morgan fingerprint density at radius 3 is 2.14 bits per heavy atom. The lowest BCUT2D eigenvalue weighted by Crippen LogP contribution is -2.41. The van der Waals surface area contributed by atoms with Gasteiger partial charge in [-0.05, 0) is 48.9 Å². The van der Waals surface area contributed by atoms with E-state index >= 15 is 0 Å². The van der Waals surface area contributed by atoms with E-state index in [0.717, 1.165) is 23.8 Å². The molecular formula is C23H24N4O8S2. The highest BCUT2D eigenvalue weighted by Crippen LogP contribution is 2.29. The molecule has 3 aromatic rings. The maximum atomic E-state index is 12.8. The summed E-state index contributed by atoms with van der Waals surface area (Å²) in [5.41, 5.74) is 3.11. The molecule has 0 saturated heterocycles. The Morgan fingerprint density at radius 1 is 0.973 bits per heavy atom. The number of ether oxygens (including phenoxy) is 1. The van der Waals surface area contributed by atoms with Crippen molar-refractivity contribution in [1.82, 2.24) is 14.6 Å². The lowest BCUT2D eigenvalue weighted by molar-refractivity contribution is -0.386. The third-order valence-electron chi connectivity index (χ3n) is 5.31. The molecule has 0 radical (unpaired) electrons. The van der Waals surface area contributed by atoms with Crippen molar-refractivity contribution in [3.63, 3.8) is 0 Å². The molecule has 14 heteroatoms. The second-order valence-electron chi connectivity index (χ2n) is 7.92. The first-order valence-corrected chi connectivity index (χ1v) is 13.5. The second-order valence-corrected chi connectivity index (χ2v) is 11.6. The minimum absolute atomic E-state index is 0.0426. The zero-order valence-corrected chi connectivity index (χ0v) is 21.7. The van der Waals surface area contributed by atoms with Crippen LogP contribution in [-0.2, 0) is 26.6 Å². The summed E-state index contributed by atoms with van der Waals surface area (Å²) in [6.07, 6.45) is 0. The third-order valence-corrected chi connectivity index (χ3v) is 8.37. The van der Waals surface area contributed by atoms with Gasteiger partial charge in [0.15, 0.2) is 5.75 Å². The van der Waals surface area contributed by atoms with Crippen molar-refractivity contribution in [2.75, 3.05) is 14.2 Å². The fourth-order valence-electron chi connectivity index (χ4n) is 3.22. The number of nitrogens with zero attached hydrogens (tertiary/aromatic N) is 2. The van der Waals surface area contributed by atoms with Gasteiger partial charge in [-0.1, -0.05) is 29.8 Å². The average Bonchev–Trinajstić information content (AvgIpc) is 2.87. The molecule has 12 nitrogen and oxygen atoms in total. The maximum absolute atomic E-state index is 12.8. The molecule has 0 aromatic heterocycles. The number of benzene rings is 3. The Kier molecular flexibility index (Phi) is 8.28. The number of amides is 1. The molecule has 1 amide bonds. The summed E-state index contributed by atoms with van der Waals surface area (Å²) in [6, 6.07) is 15.4. The molecule has 0 fully saturated rings. The van der Waals surface area contributed by atoms with Gasteiger partial charge in [0, 0.05) is 25.2 Å². The molecule has 3 aromatic carbocycles. The first-order chi connectivity index (χ1) is 17.3. The van der Waals surface area contributed by atoms with E-state index in [1.54, 1.807) is 12.1 Å². The van der Waals surface area contributed by atoms with Crippen molar-refractivity contribution in [2.24, 2.45) is 0 Å². The number of nitro benzene ring substituents is 1. The van der Waals surface area contributed by atoms with E-state index in [1.807, 2.05) is 17.2 Å². The van der Waals surface area contributed by atoms with E-state index in [2.05, 4.69) is 0 Å². The highest BCUT2D eigenvalue weighted by molar-refractivity contribution is 7.89. The number of methoxy groups -OCH3 is 1. The number of nitrogens with one attached hydrogen (secondary N) is 2. The second kappa shape index (κ2) is 11.0. The predicted molar refractivity (Wildman–Crippen MR) is 134 cm³/mol. The molecular weight excluding hydrogens is 524 g/mol. The lowest BCUT2D eigenvalue weighted by Gasteiger charge is -2.17. The van der Waals surface area contributed by atoms with E-state index in [9.17, 15) is 31.7 Å². The van der Waals surface area contributed by atoms with Gasteiger partial charge >= 0.3 is 5.69 Å². The normalized spacial score (nSPS) is 11.8. The zero-order chi connectivity index (χ0) is 27.4. The number of aryl methyl sites for hydroxylation is 1. The Balaban J connectivity index is 1.66. The molecule has 196 valence electrons. The van der Waals surface area contributed by atoms with Crippen LogP contribution in [0, 0.1) is 17.0 Å². The minimum atomic E-state index is -4.33. The van der Waals surface area contributed by atoms with Gasteiger partial charge in [-0.25, -0.2) is 16.8 Å². The number of hydrogen-bond acceptors (Lipinski definition) is 8. The van der Waals surface area contributed by atoms with Crippen molar-refractivity contribution >= 4 is 31.6 Å². The smallest absolute Gasteiger partial charge is 0.312 e. The molecule has 3 rings (SSSR count). The van der Waals surface area contributed by atoms with Gasteiger partial charge in [0.05, 0.1) is 21.8 Å². The van der Waals surface area contributed by atoms with Crippen LogP contribution < -0.4 is 15.0 Å². The van der Waals surface area contributed by atoms with Gasteiger partial charge in [0.2, 0.25) is 10.0 Å². The minimum Gasteiger partial charge on any atom is -0.490 e. The number of hydrogen-bond donors (Lipinski definition) is 2. The monoisotopic (exact) mass is 548 g/mol. The van der Waals surface area contributed by atoms with Gasteiger partial charge in [0.1, 0.15) is 0 Å². The highest BCUT2D eigenvalue weighted by Gasteiger charge is 2.23. The van der Waals surface area contributed by atoms with Crippen molar-refractivity contribution in [1.29, 1.82) is 0 Å². The summed E-state index contributed by atoms with van der Waals surface area (Å²) < 4.78 is 56.5. The molecule has 0 aliphatic heterocycles. The van der Waals surface area contributed by atoms with Crippen LogP contribution in [0.4, 0.5) is 5.69 Å². The Hall–Kier alpha value is -3.85. The summed E-state index contributed by atoms with van der Waals surface area (Å²) >= 11 is 0. The molecule has 37 heavy (non-hydrogen) atoms. The summed E-state index contributed by atoms with van der Waals surface area (Å²) in [7, 11) is -5.40. The van der Waals surface area contributed by atoms with Crippen LogP contribution >= 0.6 is 0 Å². The van der Waals surface area contributed by atoms with E-state index in [1.165, 1.54) is 54.9 Å². The van der Waals surface area contributed by atoms with Crippen molar-refractivity contribution in [2.45, 2.75) is 23.3 Å². The van der Waals surface area contributed by atoms with E-state index < -0.39 is 41.5 Å². The molecule has 0 bridgehead atoms. The van der Waals surface area contributed by atoms with E-state index in [-0.39, 0.29) is 22.8 Å². The number of nitro groups is 1. The van der Waals surface area contributed by atoms with Crippen LogP contribution in [0.1, 0.15) is 21.5 Å². The van der Waals surface area contributed by atoms with Gasteiger partial charge in [-0.2, -0.15) is 4.31 Å². The number of hydrazine groups is 1. The molecule has 0 aliphatic rings. The SMILES string of the molecule is COc1ccc(S(=O)(=O)NNC(=O)c2ccc(CN(C)S(=O)(=O)c3ccc(C)cc3)cc2)cc1[N+](=O)[O-]. The number of carbonyl (C=O) groups excluding carboxylic acids is 1. The van der Waals surface area contributed by atoms with Gasteiger partial charge in [-0.3, -0.25) is 20.3 Å². The van der Waals surface area contributed by atoms with E-state index in [4.69, 9.17) is 4.74 Å². The summed E-state index contributed by atoms with van der Waals surface area (Å²) in [6.45, 7) is 1.90. The van der Waals surface area contributed by atoms with Crippen molar-refractivity contribution in [3.8, 4) is 5.75 Å². The van der Waals surface area contributed by atoms with Crippen LogP contribution in [0.25, 0.3) is 0 Å².